The molecule has 0 aliphatic carbocycles. The van der Waals surface area contributed by atoms with Crippen molar-refractivity contribution in [3.05, 3.63) is 59.9 Å². The summed E-state index contributed by atoms with van der Waals surface area (Å²) in [7, 11) is -3.55. The van der Waals surface area contributed by atoms with E-state index in [0.717, 1.165) is 0 Å². The van der Waals surface area contributed by atoms with Crippen LogP contribution in [0.4, 0.5) is 10.1 Å². The molecule has 0 fully saturated rings. The van der Waals surface area contributed by atoms with Crippen molar-refractivity contribution in [2.75, 3.05) is 18.0 Å². The Balaban J connectivity index is 2.27. The molecule has 1 amide bonds. The summed E-state index contributed by atoms with van der Waals surface area (Å²) in [6.07, 6.45) is 0. The zero-order chi connectivity index (χ0) is 17.7. The van der Waals surface area contributed by atoms with Gasteiger partial charge in [-0.05, 0) is 55.5 Å². The van der Waals surface area contributed by atoms with Crippen LogP contribution < -0.4 is 9.62 Å². The van der Waals surface area contributed by atoms with Crippen molar-refractivity contribution in [1.29, 1.82) is 0 Å². The first-order valence-corrected chi connectivity index (χ1v) is 9.04. The lowest BCUT2D eigenvalue weighted by molar-refractivity contribution is 0.0988. The Labute approximate surface area is 141 Å². The molecule has 0 aliphatic rings. The number of rotatable bonds is 6. The van der Waals surface area contributed by atoms with Gasteiger partial charge in [0.05, 0.1) is 4.90 Å². The Bertz CT molecular complexity index is 803. The molecular weight excluding hydrogens is 331 g/mol. The van der Waals surface area contributed by atoms with Crippen molar-refractivity contribution in [3.8, 4) is 0 Å². The minimum Gasteiger partial charge on any atom is -0.309 e. The molecule has 0 spiro atoms. The minimum atomic E-state index is -3.55. The van der Waals surface area contributed by atoms with E-state index in [1.807, 2.05) is 6.92 Å². The summed E-state index contributed by atoms with van der Waals surface area (Å²) in [5.41, 5.74) is 0.935. The molecule has 128 valence electrons. The highest BCUT2D eigenvalue weighted by Crippen LogP contribution is 2.19. The van der Waals surface area contributed by atoms with Crippen molar-refractivity contribution in [2.24, 2.45) is 0 Å². The van der Waals surface area contributed by atoms with E-state index in [1.54, 1.807) is 6.92 Å². The number of benzene rings is 2. The Hall–Kier alpha value is -2.25. The van der Waals surface area contributed by atoms with Crippen LogP contribution >= 0.6 is 0 Å². The molecule has 0 unspecified atom stereocenters. The fraction of sp³-hybridized carbons (Fsp3) is 0.235. The topological polar surface area (TPSA) is 66.5 Å². The van der Waals surface area contributed by atoms with Crippen LogP contribution in [-0.4, -0.2) is 27.4 Å². The predicted octanol–water partition coefficient (Wildman–Crippen LogP) is 2.79. The number of sulfonamides is 1. The van der Waals surface area contributed by atoms with Gasteiger partial charge in [-0.25, -0.2) is 17.5 Å². The third kappa shape index (κ3) is 3.98. The fourth-order valence-corrected chi connectivity index (χ4v) is 3.31. The van der Waals surface area contributed by atoms with Gasteiger partial charge in [-0.2, -0.15) is 0 Å². The quantitative estimate of drug-likeness (QED) is 0.871. The summed E-state index contributed by atoms with van der Waals surface area (Å²) in [5.74, 6) is -0.656. The summed E-state index contributed by atoms with van der Waals surface area (Å²) < 4.78 is 39.3. The second kappa shape index (κ2) is 7.55. The van der Waals surface area contributed by atoms with Gasteiger partial charge in [0.2, 0.25) is 10.0 Å². The first kappa shape index (κ1) is 18.1. The van der Waals surface area contributed by atoms with Gasteiger partial charge >= 0.3 is 0 Å². The Kier molecular flexibility index (Phi) is 5.69. The first-order chi connectivity index (χ1) is 11.4. The van der Waals surface area contributed by atoms with E-state index < -0.39 is 10.0 Å². The van der Waals surface area contributed by atoms with E-state index in [2.05, 4.69) is 4.72 Å². The number of hydrogen-bond acceptors (Lipinski definition) is 3. The summed E-state index contributed by atoms with van der Waals surface area (Å²) in [6, 6.07) is 11.4. The maximum Gasteiger partial charge on any atom is 0.258 e. The maximum atomic E-state index is 13.0. The second-order valence-electron chi connectivity index (χ2n) is 5.05. The van der Waals surface area contributed by atoms with Crippen molar-refractivity contribution in [2.45, 2.75) is 18.7 Å². The number of nitrogens with zero attached hydrogens (tertiary/aromatic N) is 1. The van der Waals surface area contributed by atoms with Gasteiger partial charge in [0.15, 0.2) is 0 Å². The second-order valence-corrected chi connectivity index (χ2v) is 6.82. The van der Waals surface area contributed by atoms with Gasteiger partial charge in [-0.3, -0.25) is 4.79 Å². The molecule has 2 aromatic carbocycles. The highest BCUT2D eigenvalue weighted by Gasteiger charge is 2.18. The van der Waals surface area contributed by atoms with Crippen molar-refractivity contribution < 1.29 is 17.6 Å². The van der Waals surface area contributed by atoms with Gasteiger partial charge in [-0.15, -0.1) is 0 Å². The van der Waals surface area contributed by atoms with E-state index in [1.165, 1.54) is 53.4 Å². The van der Waals surface area contributed by atoms with E-state index in [9.17, 15) is 17.6 Å². The number of amides is 1. The molecular formula is C17H19FN2O3S. The first-order valence-electron chi connectivity index (χ1n) is 7.56. The average Bonchev–Trinajstić information content (AvgIpc) is 2.57. The van der Waals surface area contributed by atoms with Crippen LogP contribution in [-0.2, 0) is 10.0 Å². The van der Waals surface area contributed by atoms with Crippen molar-refractivity contribution in [1.82, 2.24) is 4.72 Å². The highest BCUT2D eigenvalue weighted by atomic mass is 32.2. The Morgan fingerprint density at radius 1 is 1.04 bits per heavy atom. The molecule has 1 N–H and O–H groups in total. The van der Waals surface area contributed by atoms with Crippen molar-refractivity contribution >= 4 is 21.6 Å². The molecule has 5 nitrogen and oxygen atoms in total. The van der Waals surface area contributed by atoms with Gasteiger partial charge in [0.25, 0.3) is 5.91 Å². The van der Waals surface area contributed by atoms with Crippen LogP contribution in [0, 0.1) is 5.82 Å². The largest absolute Gasteiger partial charge is 0.309 e. The SMILES string of the molecule is CCNS(=O)(=O)c1ccc(C(=O)N(CC)c2ccc(F)cc2)cc1. The number of carbonyl (C=O) groups excluding carboxylic acids is 1. The normalized spacial score (nSPS) is 11.3. The van der Waals surface area contributed by atoms with Crippen LogP contribution in [0.3, 0.4) is 0 Å². The molecule has 0 bridgehead atoms. The fourth-order valence-electron chi connectivity index (χ4n) is 2.27. The number of carbonyl (C=O) groups is 1. The lowest BCUT2D eigenvalue weighted by Gasteiger charge is -2.21. The van der Waals surface area contributed by atoms with Crippen LogP contribution in [0.1, 0.15) is 24.2 Å². The highest BCUT2D eigenvalue weighted by molar-refractivity contribution is 7.89. The molecule has 0 radical (unpaired) electrons. The lowest BCUT2D eigenvalue weighted by atomic mass is 10.2. The minimum absolute atomic E-state index is 0.103. The predicted molar refractivity (Wildman–Crippen MR) is 91.1 cm³/mol. The van der Waals surface area contributed by atoms with Crippen LogP contribution in [0.5, 0.6) is 0 Å². The summed E-state index contributed by atoms with van der Waals surface area (Å²) in [6.45, 7) is 4.20. The molecule has 0 heterocycles. The molecule has 0 aromatic heterocycles. The van der Waals surface area contributed by atoms with E-state index in [0.29, 0.717) is 17.8 Å². The number of nitrogens with one attached hydrogen (secondary N) is 1. The Morgan fingerprint density at radius 3 is 2.12 bits per heavy atom. The third-order valence-electron chi connectivity index (χ3n) is 3.45. The molecule has 0 aliphatic heterocycles. The smallest absolute Gasteiger partial charge is 0.258 e. The summed E-state index contributed by atoms with van der Waals surface area (Å²) in [5, 5.41) is 0. The molecule has 0 atom stereocenters. The summed E-state index contributed by atoms with van der Waals surface area (Å²) in [4.78, 5) is 14.2. The van der Waals surface area contributed by atoms with E-state index in [4.69, 9.17) is 0 Å². The molecule has 0 saturated heterocycles. The third-order valence-corrected chi connectivity index (χ3v) is 5.01. The molecule has 2 rings (SSSR count). The van der Waals surface area contributed by atoms with Gasteiger partial charge in [-0.1, -0.05) is 6.92 Å². The zero-order valence-electron chi connectivity index (χ0n) is 13.5. The molecule has 24 heavy (non-hydrogen) atoms. The van der Waals surface area contributed by atoms with E-state index in [-0.39, 0.29) is 23.2 Å². The number of hydrogen-bond donors (Lipinski definition) is 1. The molecule has 0 saturated carbocycles. The molecule has 2 aromatic rings. The molecule has 7 heteroatoms. The van der Waals surface area contributed by atoms with Crippen LogP contribution in [0.2, 0.25) is 0 Å². The van der Waals surface area contributed by atoms with Gasteiger partial charge < -0.3 is 4.90 Å². The zero-order valence-corrected chi connectivity index (χ0v) is 14.3. The van der Waals surface area contributed by atoms with Crippen molar-refractivity contribution in [3.63, 3.8) is 0 Å². The van der Waals surface area contributed by atoms with Crippen LogP contribution in [0.15, 0.2) is 53.4 Å². The monoisotopic (exact) mass is 350 g/mol. The van der Waals surface area contributed by atoms with Gasteiger partial charge in [0.1, 0.15) is 5.82 Å². The van der Waals surface area contributed by atoms with Crippen LogP contribution in [0.25, 0.3) is 0 Å². The standard InChI is InChI=1S/C17H19FN2O3S/c1-3-19-24(22,23)16-11-5-13(6-12-16)17(21)20(4-2)15-9-7-14(18)8-10-15/h5-12,19H,3-4H2,1-2H3. The average molecular weight is 350 g/mol. The summed E-state index contributed by atoms with van der Waals surface area (Å²) >= 11 is 0. The Morgan fingerprint density at radius 2 is 1.62 bits per heavy atom. The lowest BCUT2D eigenvalue weighted by Crippen LogP contribution is -2.30. The van der Waals surface area contributed by atoms with E-state index >= 15 is 0 Å². The maximum absolute atomic E-state index is 13.0. The number of halogens is 1. The van der Waals surface area contributed by atoms with Gasteiger partial charge in [0, 0.05) is 24.3 Å². The number of anilines is 1.